The van der Waals surface area contributed by atoms with Crippen molar-refractivity contribution in [1.29, 1.82) is 0 Å². The molecule has 0 spiro atoms. The molecule has 5 heteroatoms. The van der Waals surface area contributed by atoms with Gasteiger partial charge < -0.3 is 15.2 Å². The molecule has 1 aromatic rings. The predicted octanol–water partition coefficient (Wildman–Crippen LogP) is 2.25. The minimum Gasteiger partial charge on any atom is -0.478 e. The number of amides is 1. The lowest BCUT2D eigenvalue weighted by Gasteiger charge is -2.23. The van der Waals surface area contributed by atoms with Crippen molar-refractivity contribution < 1.29 is 19.4 Å². The van der Waals surface area contributed by atoms with Crippen LogP contribution in [0.5, 0.6) is 0 Å². The Balaban J connectivity index is 2.79. The van der Waals surface area contributed by atoms with Gasteiger partial charge in [0.15, 0.2) is 0 Å². The minimum atomic E-state index is -1.00. The van der Waals surface area contributed by atoms with Crippen LogP contribution < -0.4 is 5.32 Å². The fourth-order valence-electron chi connectivity index (χ4n) is 1.63. The zero-order chi connectivity index (χ0) is 16.0. The maximum absolute atomic E-state index is 12.1. The monoisotopic (exact) mass is 291 g/mol. The van der Waals surface area contributed by atoms with Crippen LogP contribution in [0, 0.1) is 6.92 Å². The highest BCUT2D eigenvalue weighted by atomic mass is 16.5. The number of aliphatic carboxylic acids is 1. The molecule has 0 aliphatic heterocycles. The summed E-state index contributed by atoms with van der Waals surface area (Å²) < 4.78 is 5.24. The van der Waals surface area contributed by atoms with Crippen molar-refractivity contribution >= 4 is 18.0 Å². The van der Waals surface area contributed by atoms with E-state index in [-0.39, 0.29) is 5.91 Å². The average molecular weight is 291 g/mol. The fourth-order valence-corrected chi connectivity index (χ4v) is 1.63. The maximum atomic E-state index is 12.1. The number of carbonyl (C=O) groups excluding carboxylic acids is 1. The van der Waals surface area contributed by atoms with Crippen LogP contribution in [-0.2, 0) is 9.53 Å². The summed E-state index contributed by atoms with van der Waals surface area (Å²) in [7, 11) is 1.60. The fraction of sp³-hybridized carbons (Fsp3) is 0.375. The van der Waals surface area contributed by atoms with Gasteiger partial charge in [0.2, 0.25) is 0 Å². The van der Waals surface area contributed by atoms with Gasteiger partial charge in [0.25, 0.3) is 5.91 Å². The summed E-state index contributed by atoms with van der Waals surface area (Å²) in [5.41, 5.74) is 1.72. The summed E-state index contributed by atoms with van der Waals surface area (Å²) >= 11 is 0. The van der Waals surface area contributed by atoms with Gasteiger partial charge in [-0.3, -0.25) is 4.79 Å². The topological polar surface area (TPSA) is 75.6 Å². The van der Waals surface area contributed by atoms with Crippen LogP contribution in [0.3, 0.4) is 0 Å². The Morgan fingerprint density at radius 3 is 2.57 bits per heavy atom. The summed E-state index contributed by atoms with van der Waals surface area (Å²) in [6.07, 6.45) is 2.58. The SMILES string of the molecule is COC(C)(C)CNC(=O)c1ccc(/C=C/C(=O)O)c(C)c1. The molecule has 21 heavy (non-hydrogen) atoms. The van der Waals surface area contributed by atoms with E-state index in [1.807, 2.05) is 20.8 Å². The Morgan fingerprint density at radius 1 is 1.38 bits per heavy atom. The molecule has 2 N–H and O–H groups in total. The smallest absolute Gasteiger partial charge is 0.328 e. The molecule has 0 aliphatic rings. The van der Waals surface area contributed by atoms with E-state index in [2.05, 4.69) is 5.32 Å². The number of hydrogen-bond acceptors (Lipinski definition) is 3. The molecule has 0 saturated heterocycles. The van der Waals surface area contributed by atoms with Gasteiger partial charge in [0, 0.05) is 25.3 Å². The molecule has 0 fully saturated rings. The highest BCUT2D eigenvalue weighted by Gasteiger charge is 2.18. The van der Waals surface area contributed by atoms with Gasteiger partial charge in [-0.15, -0.1) is 0 Å². The molecule has 5 nitrogen and oxygen atoms in total. The van der Waals surface area contributed by atoms with E-state index in [1.165, 1.54) is 6.08 Å². The quantitative estimate of drug-likeness (QED) is 0.788. The van der Waals surface area contributed by atoms with E-state index >= 15 is 0 Å². The second-order valence-electron chi connectivity index (χ2n) is 5.39. The molecule has 0 unspecified atom stereocenters. The third-order valence-corrected chi connectivity index (χ3v) is 3.16. The lowest BCUT2D eigenvalue weighted by molar-refractivity contribution is -0.131. The van der Waals surface area contributed by atoms with Gasteiger partial charge in [-0.05, 0) is 50.1 Å². The van der Waals surface area contributed by atoms with Crippen molar-refractivity contribution in [3.63, 3.8) is 0 Å². The Bertz CT molecular complexity index is 561. The number of methoxy groups -OCH3 is 1. The third kappa shape index (κ3) is 5.39. The first-order chi connectivity index (χ1) is 9.75. The van der Waals surface area contributed by atoms with E-state index < -0.39 is 11.6 Å². The van der Waals surface area contributed by atoms with Crippen molar-refractivity contribution in [2.45, 2.75) is 26.4 Å². The van der Waals surface area contributed by atoms with Crippen molar-refractivity contribution in [1.82, 2.24) is 5.32 Å². The number of carboxylic acids is 1. The molecule has 0 bridgehead atoms. The number of nitrogens with one attached hydrogen (secondary N) is 1. The summed E-state index contributed by atoms with van der Waals surface area (Å²) in [4.78, 5) is 22.6. The largest absolute Gasteiger partial charge is 0.478 e. The van der Waals surface area contributed by atoms with Gasteiger partial charge in [0.1, 0.15) is 0 Å². The second kappa shape index (κ2) is 7.04. The van der Waals surface area contributed by atoms with Crippen LogP contribution in [0.1, 0.15) is 35.3 Å². The number of carboxylic acid groups (broad SMARTS) is 1. The van der Waals surface area contributed by atoms with E-state index in [0.717, 1.165) is 17.2 Å². The second-order valence-corrected chi connectivity index (χ2v) is 5.39. The molecule has 0 radical (unpaired) electrons. The van der Waals surface area contributed by atoms with E-state index in [4.69, 9.17) is 9.84 Å². The van der Waals surface area contributed by atoms with Gasteiger partial charge in [-0.25, -0.2) is 4.79 Å². The number of hydrogen-bond donors (Lipinski definition) is 2. The summed E-state index contributed by atoms with van der Waals surface area (Å²) in [6, 6.07) is 5.13. The first kappa shape index (κ1) is 16.9. The van der Waals surface area contributed by atoms with Crippen LogP contribution in [0.4, 0.5) is 0 Å². The summed E-state index contributed by atoms with van der Waals surface area (Å²) in [5, 5.41) is 11.4. The minimum absolute atomic E-state index is 0.183. The van der Waals surface area contributed by atoms with Gasteiger partial charge in [-0.2, -0.15) is 0 Å². The number of ether oxygens (including phenoxy) is 1. The average Bonchev–Trinajstić information content (AvgIpc) is 2.43. The van der Waals surface area contributed by atoms with E-state index in [1.54, 1.807) is 25.3 Å². The highest BCUT2D eigenvalue weighted by Crippen LogP contribution is 2.13. The zero-order valence-electron chi connectivity index (χ0n) is 12.8. The maximum Gasteiger partial charge on any atom is 0.328 e. The number of carbonyl (C=O) groups is 2. The molecular weight excluding hydrogens is 270 g/mol. The summed E-state index contributed by atoms with van der Waals surface area (Å²) in [5.74, 6) is -1.19. The molecule has 0 aliphatic carbocycles. The molecule has 0 heterocycles. The van der Waals surface area contributed by atoms with Crippen molar-refractivity contribution in [3.05, 3.63) is 41.0 Å². The Morgan fingerprint density at radius 2 is 2.05 bits per heavy atom. The highest BCUT2D eigenvalue weighted by molar-refractivity contribution is 5.95. The van der Waals surface area contributed by atoms with Crippen molar-refractivity contribution in [3.8, 4) is 0 Å². The van der Waals surface area contributed by atoms with Crippen LogP contribution in [0.15, 0.2) is 24.3 Å². The van der Waals surface area contributed by atoms with Crippen LogP contribution in [0.2, 0.25) is 0 Å². The molecule has 1 amide bonds. The third-order valence-electron chi connectivity index (χ3n) is 3.16. The molecule has 0 atom stereocenters. The number of rotatable bonds is 6. The van der Waals surface area contributed by atoms with Crippen LogP contribution >= 0.6 is 0 Å². The first-order valence-corrected chi connectivity index (χ1v) is 6.60. The predicted molar refractivity (Wildman–Crippen MR) is 81.3 cm³/mol. The molecule has 0 aromatic heterocycles. The van der Waals surface area contributed by atoms with E-state index in [0.29, 0.717) is 12.1 Å². The first-order valence-electron chi connectivity index (χ1n) is 6.60. The Labute approximate surface area is 124 Å². The van der Waals surface area contributed by atoms with Gasteiger partial charge in [-0.1, -0.05) is 6.07 Å². The molecule has 1 rings (SSSR count). The molecular formula is C16H21NO4. The van der Waals surface area contributed by atoms with Gasteiger partial charge in [0.05, 0.1) is 5.60 Å². The lowest BCUT2D eigenvalue weighted by Crippen LogP contribution is -2.39. The lowest BCUT2D eigenvalue weighted by atomic mass is 10.0. The van der Waals surface area contributed by atoms with Crippen molar-refractivity contribution in [2.24, 2.45) is 0 Å². The summed E-state index contributed by atoms with van der Waals surface area (Å²) in [6.45, 7) is 6.01. The number of aryl methyl sites for hydroxylation is 1. The zero-order valence-corrected chi connectivity index (χ0v) is 12.8. The van der Waals surface area contributed by atoms with Crippen molar-refractivity contribution in [2.75, 3.05) is 13.7 Å². The molecule has 0 saturated carbocycles. The number of benzene rings is 1. The molecule has 114 valence electrons. The Kier molecular flexibility index (Phi) is 5.67. The van der Waals surface area contributed by atoms with Crippen LogP contribution in [0.25, 0.3) is 6.08 Å². The molecule has 1 aromatic carbocycles. The Hall–Kier alpha value is -2.14. The standard InChI is InChI=1S/C16H21NO4/c1-11-9-13(6-5-12(11)7-8-14(18)19)15(20)17-10-16(2,3)21-4/h5-9H,10H2,1-4H3,(H,17,20)(H,18,19)/b8-7+. The van der Waals surface area contributed by atoms with Crippen LogP contribution in [-0.4, -0.2) is 36.2 Å². The van der Waals surface area contributed by atoms with E-state index in [9.17, 15) is 9.59 Å². The van der Waals surface area contributed by atoms with Gasteiger partial charge >= 0.3 is 5.97 Å². The normalized spacial score (nSPS) is 11.6.